The molecule has 0 spiro atoms. The van der Waals surface area contributed by atoms with Crippen LogP contribution in [-0.2, 0) is 17.9 Å². The summed E-state index contributed by atoms with van der Waals surface area (Å²) in [5.41, 5.74) is 2.15. The maximum atomic E-state index is 11.8. The molecule has 0 saturated carbocycles. The van der Waals surface area contributed by atoms with Crippen molar-refractivity contribution < 1.29 is 4.79 Å². The summed E-state index contributed by atoms with van der Waals surface area (Å²) in [6.45, 7) is 5.54. The van der Waals surface area contributed by atoms with Crippen molar-refractivity contribution >= 4 is 5.91 Å². The lowest BCUT2D eigenvalue weighted by molar-refractivity contribution is -0.121. The zero-order valence-corrected chi connectivity index (χ0v) is 16.4. The number of pyridine rings is 2. The van der Waals surface area contributed by atoms with Crippen LogP contribution in [0.25, 0.3) is 0 Å². The second kappa shape index (κ2) is 13.0. The number of carbonyl (C=O) groups is 1. The lowest BCUT2D eigenvalue weighted by atomic mass is 10.1. The molecule has 5 heteroatoms. The quantitative estimate of drug-likeness (QED) is 0.544. The van der Waals surface area contributed by atoms with Crippen molar-refractivity contribution in [2.45, 2.75) is 58.5 Å². The highest BCUT2D eigenvalue weighted by Gasteiger charge is 2.09. The first-order chi connectivity index (χ1) is 13.3. The third kappa shape index (κ3) is 9.29. The number of aromatic nitrogens is 2. The summed E-state index contributed by atoms with van der Waals surface area (Å²) in [6.07, 6.45) is 9.55. The smallest absolute Gasteiger partial charge is 0.219 e. The van der Waals surface area contributed by atoms with Crippen molar-refractivity contribution in [2.24, 2.45) is 0 Å². The second-order valence-corrected chi connectivity index (χ2v) is 6.87. The molecule has 0 aliphatic rings. The standard InChI is InChI=1S/C22H32N4O/c1-2-3-14-25-22(27)13-5-4-10-17-26(18-20-11-6-8-15-23-20)19-21-12-7-9-16-24-21/h6-9,11-12,15-16H,2-5,10,13-14,17-19H2,1H3,(H,25,27). The van der Waals surface area contributed by atoms with Gasteiger partial charge in [-0.15, -0.1) is 0 Å². The van der Waals surface area contributed by atoms with E-state index in [4.69, 9.17) is 0 Å². The van der Waals surface area contributed by atoms with Gasteiger partial charge in [0.05, 0.1) is 11.4 Å². The van der Waals surface area contributed by atoms with Crippen LogP contribution in [0, 0.1) is 0 Å². The molecule has 0 unspecified atom stereocenters. The molecule has 2 rings (SSSR count). The van der Waals surface area contributed by atoms with Crippen LogP contribution in [-0.4, -0.2) is 33.9 Å². The Hall–Kier alpha value is -2.27. The zero-order valence-electron chi connectivity index (χ0n) is 16.4. The number of hydrogen-bond donors (Lipinski definition) is 1. The molecule has 27 heavy (non-hydrogen) atoms. The number of unbranched alkanes of at least 4 members (excludes halogenated alkanes) is 3. The minimum atomic E-state index is 0.183. The van der Waals surface area contributed by atoms with Gasteiger partial charge in [0.1, 0.15) is 0 Å². The van der Waals surface area contributed by atoms with Gasteiger partial charge >= 0.3 is 0 Å². The Morgan fingerprint density at radius 3 is 2.15 bits per heavy atom. The van der Waals surface area contributed by atoms with Crippen molar-refractivity contribution in [3.63, 3.8) is 0 Å². The molecule has 1 amide bonds. The molecule has 1 N–H and O–H groups in total. The van der Waals surface area contributed by atoms with Crippen molar-refractivity contribution in [3.05, 3.63) is 60.2 Å². The van der Waals surface area contributed by atoms with Crippen LogP contribution in [0.1, 0.15) is 56.8 Å². The topological polar surface area (TPSA) is 58.1 Å². The Kier molecular flexibility index (Phi) is 10.1. The molecule has 2 aromatic heterocycles. The van der Waals surface area contributed by atoms with E-state index in [1.807, 2.05) is 36.7 Å². The van der Waals surface area contributed by atoms with Gasteiger partial charge in [-0.1, -0.05) is 31.9 Å². The average molecular weight is 369 g/mol. The molecule has 0 aliphatic heterocycles. The van der Waals surface area contributed by atoms with E-state index in [1.165, 1.54) is 0 Å². The fraction of sp³-hybridized carbons (Fsp3) is 0.500. The summed E-state index contributed by atoms with van der Waals surface area (Å²) in [5, 5.41) is 2.98. The van der Waals surface area contributed by atoms with Gasteiger partial charge in [0, 0.05) is 38.4 Å². The van der Waals surface area contributed by atoms with E-state index in [2.05, 4.69) is 39.2 Å². The van der Waals surface area contributed by atoms with E-state index in [1.54, 1.807) is 0 Å². The van der Waals surface area contributed by atoms with Crippen LogP contribution >= 0.6 is 0 Å². The van der Waals surface area contributed by atoms with E-state index in [-0.39, 0.29) is 5.91 Å². The summed E-state index contributed by atoms with van der Waals surface area (Å²) in [7, 11) is 0. The molecule has 146 valence electrons. The van der Waals surface area contributed by atoms with Crippen molar-refractivity contribution in [1.29, 1.82) is 0 Å². The SMILES string of the molecule is CCCCNC(=O)CCCCCN(Cc1ccccn1)Cc1ccccn1. The highest BCUT2D eigenvalue weighted by molar-refractivity contribution is 5.75. The number of hydrogen-bond acceptors (Lipinski definition) is 4. The molecule has 0 aliphatic carbocycles. The predicted octanol–water partition coefficient (Wildman–Crippen LogP) is 3.96. The summed E-state index contributed by atoms with van der Waals surface area (Å²) in [6, 6.07) is 12.1. The predicted molar refractivity (Wildman–Crippen MR) is 109 cm³/mol. The molecule has 5 nitrogen and oxygen atoms in total. The van der Waals surface area contributed by atoms with Crippen LogP contribution in [0.15, 0.2) is 48.8 Å². The summed E-state index contributed by atoms with van der Waals surface area (Å²) >= 11 is 0. The number of rotatable bonds is 13. The largest absolute Gasteiger partial charge is 0.356 e. The Balaban J connectivity index is 1.74. The van der Waals surface area contributed by atoms with Gasteiger partial charge in [-0.05, 0) is 50.1 Å². The molecule has 0 saturated heterocycles. The van der Waals surface area contributed by atoms with Gasteiger partial charge in [-0.3, -0.25) is 19.7 Å². The van der Waals surface area contributed by atoms with Crippen molar-refractivity contribution in [2.75, 3.05) is 13.1 Å². The minimum absolute atomic E-state index is 0.183. The van der Waals surface area contributed by atoms with Crippen LogP contribution in [0.4, 0.5) is 0 Å². The third-order valence-corrected chi connectivity index (χ3v) is 4.45. The first-order valence-electron chi connectivity index (χ1n) is 10.1. The van der Waals surface area contributed by atoms with E-state index in [0.717, 1.165) is 69.7 Å². The molecule has 0 radical (unpaired) electrons. The van der Waals surface area contributed by atoms with Gasteiger partial charge in [0.15, 0.2) is 0 Å². The molecule has 0 fully saturated rings. The first-order valence-corrected chi connectivity index (χ1v) is 10.1. The maximum Gasteiger partial charge on any atom is 0.219 e. The van der Waals surface area contributed by atoms with Gasteiger partial charge in [-0.2, -0.15) is 0 Å². The van der Waals surface area contributed by atoms with Crippen molar-refractivity contribution in [1.82, 2.24) is 20.2 Å². The molecular weight excluding hydrogens is 336 g/mol. The molecule has 2 aromatic rings. The fourth-order valence-electron chi connectivity index (χ4n) is 2.95. The van der Waals surface area contributed by atoms with Gasteiger partial charge < -0.3 is 5.32 Å². The van der Waals surface area contributed by atoms with Crippen LogP contribution in [0.2, 0.25) is 0 Å². The van der Waals surface area contributed by atoms with Crippen molar-refractivity contribution in [3.8, 4) is 0 Å². The minimum Gasteiger partial charge on any atom is -0.356 e. The zero-order chi connectivity index (χ0) is 19.2. The van der Waals surface area contributed by atoms with Crippen LogP contribution in [0.3, 0.4) is 0 Å². The summed E-state index contributed by atoms with van der Waals surface area (Å²) in [5.74, 6) is 0.183. The van der Waals surface area contributed by atoms with E-state index < -0.39 is 0 Å². The normalized spacial score (nSPS) is 10.9. The van der Waals surface area contributed by atoms with Gasteiger partial charge in [0.25, 0.3) is 0 Å². The number of nitrogens with one attached hydrogen (secondary N) is 1. The second-order valence-electron chi connectivity index (χ2n) is 6.87. The van der Waals surface area contributed by atoms with E-state index in [9.17, 15) is 4.79 Å². The van der Waals surface area contributed by atoms with Gasteiger partial charge in [-0.25, -0.2) is 0 Å². The van der Waals surface area contributed by atoms with Gasteiger partial charge in [0.2, 0.25) is 5.91 Å². The Morgan fingerprint density at radius 1 is 0.926 bits per heavy atom. The fourth-order valence-corrected chi connectivity index (χ4v) is 2.95. The Bertz CT molecular complexity index is 592. The van der Waals surface area contributed by atoms with Crippen LogP contribution in [0.5, 0.6) is 0 Å². The molecule has 2 heterocycles. The molecule has 0 atom stereocenters. The van der Waals surface area contributed by atoms with Crippen LogP contribution < -0.4 is 5.32 Å². The lowest BCUT2D eigenvalue weighted by Crippen LogP contribution is -2.25. The van der Waals surface area contributed by atoms with E-state index in [0.29, 0.717) is 6.42 Å². The monoisotopic (exact) mass is 368 g/mol. The highest BCUT2D eigenvalue weighted by Crippen LogP contribution is 2.10. The number of nitrogens with zero attached hydrogens (tertiary/aromatic N) is 3. The first kappa shape index (κ1) is 21.0. The van der Waals surface area contributed by atoms with E-state index >= 15 is 0 Å². The average Bonchev–Trinajstić information content (AvgIpc) is 2.69. The molecule has 0 bridgehead atoms. The lowest BCUT2D eigenvalue weighted by Gasteiger charge is -2.21. The Labute approximate surface area is 163 Å². The Morgan fingerprint density at radius 2 is 1.59 bits per heavy atom. The number of carbonyl (C=O) groups excluding carboxylic acids is 1. The molecule has 0 aromatic carbocycles. The summed E-state index contributed by atoms with van der Waals surface area (Å²) < 4.78 is 0. The third-order valence-electron chi connectivity index (χ3n) is 4.45. The maximum absolute atomic E-state index is 11.8. The summed E-state index contributed by atoms with van der Waals surface area (Å²) in [4.78, 5) is 23.0. The number of amides is 1. The molecular formula is C22H32N4O. The highest BCUT2D eigenvalue weighted by atomic mass is 16.1.